The Hall–Kier alpha value is 1.04. The highest BCUT2D eigenvalue weighted by Crippen LogP contribution is 2.51. The van der Waals surface area contributed by atoms with Crippen LogP contribution in [0.25, 0.3) is 0 Å². The van der Waals surface area contributed by atoms with Crippen molar-refractivity contribution in [3.8, 4) is 0 Å². The summed E-state index contributed by atoms with van der Waals surface area (Å²) in [5.74, 6) is 0. The van der Waals surface area contributed by atoms with Crippen molar-refractivity contribution in [1.29, 1.82) is 0 Å². The first kappa shape index (κ1) is 16.1. The molecule has 17 heavy (non-hydrogen) atoms. The summed E-state index contributed by atoms with van der Waals surface area (Å²) >= 11 is 0. The first-order valence-corrected chi connectivity index (χ1v) is 26.4. The topological polar surface area (TPSA) is 9.23 Å². The maximum atomic E-state index is 6.62. The second kappa shape index (κ2) is 4.02. The molecule has 0 N–H and O–H groups in total. The first-order valence-electron chi connectivity index (χ1n) is 6.95. The molecule has 1 nitrogen and oxygen atoms in total. The third-order valence-electron chi connectivity index (χ3n) is 7.51. The summed E-state index contributed by atoms with van der Waals surface area (Å²) in [7, 11) is -5.73. The molecule has 0 aromatic heterocycles. The van der Waals surface area contributed by atoms with Gasteiger partial charge in [-0.15, -0.1) is 0 Å². The lowest BCUT2D eigenvalue weighted by molar-refractivity contribution is 0.349. The van der Waals surface area contributed by atoms with E-state index in [0.717, 1.165) is 6.61 Å². The van der Waals surface area contributed by atoms with Gasteiger partial charge in [0.1, 0.15) is 0 Å². The van der Waals surface area contributed by atoms with E-state index < -0.39 is 35.8 Å². The van der Waals surface area contributed by atoms with Crippen molar-refractivity contribution in [2.75, 3.05) is 6.61 Å². The first-order chi connectivity index (χ1) is 7.31. The molecular weight excluding hydrogens is 289 g/mol. The summed E-state index contributed by atoms with van der Waals surface area (Å²) in [6.07, 6.45) is 0. The SMILES string of the molecule is CCO[Si]1(C)[Si](C)(C)[Si](C)(C)[Si](C)(C)[Si]1(C)C. The van der Waals surface area contributed by atoms with Crippen LogP contribution in [-0.2, 0) is 4.43 Å². The standard InChI is InChI=1S/C11H32OSi5/c1-11-12-17(10)15(6,7)13(2,3)14(4,5)16(17,8)9/h11H2,1-10H3. The van der Waals surface area contributed by atoms with Gasteiger partial charge in [0.05, 0.1) is 14.2 Å². The molecule has 102 valence electrons. The van der Waals surface area contributed by atoms with Crippen LogP contribution in [0.2, 0.25) is 58.9 Å². The molecule has 0 amide bonds. The molecule has 1 fully saturated rings. The van der Waals surface area contributed by atoms with Crippen LogP contribution in [0.1, 0.15) is 6.92 Å². The largest absolute Gasteiger partial charge is 0.424 e. The van der Waals surface area contributed by atoms with E-state index in [4.69, 9.17) is 4.43 Å². The van der Waals surface area contributed by atoms with Gasteiger partial charge >= 0.3 is 0 Å². The van der Waals surface area contributed by atoms with Crippen molar-refractivity contribution in [2.45, 2.75) is 65.8 Å². The van der Waals surface area contributed by atoms with Crippen LogP contribution in [0.3, 0.4) is 0 Å². The molecule has 1 heterocycles. The Kier molecular flexibility index (Phi) is 3.81. The molecular formula is C11H32OSi5. The summed E-state index contributed by atoms with van der Waals surface area (Å²) < 4.78 is 6.62. The lowest BCUT2D eigenvalue weighted by Gasteiger charge is -2.45. The van der Waals surface area contributed by atoms with Crippen LogP contribution >= 0.6 is 0 Å². The Balaban J connectivity index is 3.53. The molecule has 0 atom stereocenters. The minimum Gasteiger partial charge on any atom is -0.424 e. The van der Waals surface area contributed by atoms with Gasteiger partial charge in [0, 0.05) is 20.8 Å². The van der Waals surface area contributed by atoms with Gasteiger partial charge in [-0.1, -0.05) is 58.9 Å². The van der Waals surface area contributed by atoms with Gasteiger partial charge in [0.25, 0.3) is 0 Å². The molecule has 0 bridgehead atoms. The lowest BCUT2D eigenvalue weighted by Crippen LogP contribution is -2.72. The molecule has 1 aliphatic heterocycles. The van der Waals surface area contributed by atoms with Gasteiger partial charge in [0.15, 0.2) is 7.35 Å². The van der Waals surface area contributed by atoms with E-state index >= 15 is 0 Å². The molecule has 1 rings (SSSR count). The van der Waals surface area contributed by atoms with Crippen molar-refractivity contribution in [1.82, 2.24) is 0 Å². The van der Waals surface area contributed by atoms with Crippen LogP contribution < -0.4 is 0 Å². The lowest BCUT2D eigenvalue weighted by atomic mass is 10.9. The Morgan fingerprint density at radius 2 is 0.882 bits per heavy atom. The molecule has 1 saturated heterocycles. The highest BCUT2D eigenvalue weighted by Gasteiger charge is 2.78. The predicted octanol–water partition coefficient (Wildman–Crippen LogP) is 3.84. The van der Waals surface area contributed by atoms with Crippen LogP contribution in [0.15, 0.2) is 0 Å². The van der Waals surface area contributed by atoms with Crippen LogP contribution in [0, 0.1) is 0 Å². The van der Waals surface area contributed by atoms with Crippen LogP contribution in [-0.4, -0.2) is 42.4 Å². The third kappa shape index (κ3) is 1.54. The molecule has 1 aliphatic rings. The van der Waals surface area contributed by atoms with Crippen LogP contribution in [0.5, 0.6) is 0 Å². The van der Waals surface area contributed by atoms with Gasteiger partial charge in [-0.3, -0.25) is 0 Å². The normalized spacial score (nSPS) is 31.4. The van der Waals surface area contributed by atoms with E-state index in [1.54, 1.807) is 0 Å². The Labute approximate surface area is 112 Å². The smallest absolute Gasteiger partial charge is 0.160 e. The van der Waals surface area contributed by atoms with E-state index in [9.17, 15) is 0 Å². The van der Waals surface area contributed by atoms with Crippen LogP contribution in [0.4, 0.5) is 0 Å². The fourth-order valence-electron chi connectivity index (χ4n) is 4.19. The maximum Gasteiger partial charge on any atom is 0.160 e. The summed E-state index contributed by atoms with van der Waals surface area (Å²) in [6.45, 7) is 27.6. The van der Waals surface area contributed by atoms with E-state index in [2.05, 4.69) is 65.8 Å². The minimum atomic E-state index is -1.41. The van der Waals surface area contributed by atoms with Crippen molar-refractivity contribution < 1.29 is 4.43 Å². The van der Waals surface area contributed by atoms with E-state index in [1.807, 2.05) is 0 Å². The number of hydrogen-bond acceptors (Lipinski definition) is 1. The zero-order valence-corrected chi connectivity index (χ0v) is 18.6. The van der Waals surface area contributed by atoms with E-state index in [0.29, 0.717) is 0 Å². The molecule has 0 aromatic rings. The molecule has 0 aromatic carbocycles. The summed E-state index contributed by atoms with van der Waals surface area (Å²) in [4.78, 5) is 0. The summed E-state index contributed by atoms with van der Waals surface area (Å²) in [6, 6.07) is 0. The number of hydrogen-bond donors (Lipinski definition) is 0. The minimum absolute atomic E-state index is 0.963. The highest BCUT2D eigenvalue weighted by molar-refractivity contribution is 8.12. The monoisotopic (exact) mass is 320 g/mol. The molecule has 0 unspecified atom stereocenters. The highest BCUT2D eigenvalue weighted by atomic mass is 30.2. The van der Waals surface area contributed by atoms with E-state index in [-0.39, 0.29) is 0 Å². The van der Waals surface area contributed by atoms with Gasteiger partial charge in [-0.25, -0.2) is 0 Å². The molecule has 6 heteroatoms. The summed E-state index contributed by atoms with van der Waals surface area (Å²) in [5.41, 5.74) is 0. The zero-order chi connectivity index (χ0) is 13.9. The Morgan fingerprint density at radius 1 is 0.588 bits per heavy atom. The third-order valence-corrected chi connectivity index (χ3v) is 131. The van der Waals surface area contributed by atoms with E-state index in [1.165, 1.54) is 0 Å². The fourth-order valence-corrected chi connectivity index (χ4v) is 199. The maximum absolute atomic E-state index is 6.62. The molecule has 0 saturated carbocycles. The zero-order valence-electron chi connectivity index (χ0n) is 13.6. The number of rotatable bonds is 2. The Bertz CT molecular complexity index is 296. The summed E-state index contributed by atoms with van der Waals surface area (Å²) in [5, 5.41) is 0. The van der Waals surface area contributed by atoms with Gasteiger partial charge in [-0.05, 0) is 6.92 Å². The Morgan fingerprint density at radius 3 is 1.12 bits per heavy atom. The quantitative estimate of drug-likeness (QED) is 0.702. The molecule has 0 spiro atoms. The second-order valence-electron chi connectivity index (χ2n) is 7.97. The van der Waals surface area contributed by atoms with Gasteiger partial charge < -0.3 is 4.43 Å². The average Bonchev–Trinajstić information content (AvgIpc) is 2.19. The molecule has 0 radical (unpaired) electrons. The average molecular weight is 321 g/mol. The fraction of sp³-hybridized carbons (Fsp3) is 1.00. The molecule has 0 aliphatic carbocycles. The van der Waals surface area contributed by atoms with Gasteiger partial charge in [-0.2, -0.15) is 0 Å². The van der Waals surface area contributed by atoms with Gasteiger partial charge in [0.2, 0.25) is 0 Å². The predicted molar refractivity (Wildman–Crippen MR) is 93.2 cm³/mol. The van der Waals surface area contributed by atoms with Crippen molar-refractivity contribution in [3.05, 3.63) is 0 Å². The second-order valence-corrected chi connectivity index (χ2v) is 66.5. The van der Waals surface area contributed by atoms with Crippen molar-refractivity contribution >= 4 is 35.8 Å². The van der Waals surface area contributed by atoms with Crippen molar-refractivity contribution in [3.63, 3.8) is 0 Å². The van der Waals surface area contributed by atoms with Crippen molar-refractivity contribution in [2.24, 2.45) is 0 Å².